The van der Waals surface area contributed by atoms with Crippen LogP contribution < -0.4 is 0 Å². The first-order valence-electron chi connectivity index (χ1n) is 7.83. The van der Waals surface area contributed by atoms with Crippen LogP contribution in [0.1, 0.15) is 28.2 Å². The zero-order valence-electron chi connectivity index (χ0n) is 12.5. The molecular formula is C19H18N2O. The van der Waals surface area contributed by atoms with Crippen molar-refractivity contribution in [1.82, 2.24) is 9.88 Å². The molecule has 1 aliphatic heterocycles. The van der Waals surface area contributed by atoms with E-state index in [1.807, 2.05) is 12.1 Å². The van der Waals surface area contributed by atoms with E-state index in [4.69, 9.17) is 0 Å². The van der Waals surface area contributed by atoms with Crippen LogP contribution >= 0.6 is 0 Å². The number of aromatic amines is 1. The van der Waals surface area contributed by atoms with Gasteiger partial charge in [0.2, 0.25) is 0 Å². The number of rotatable bonds is 0. The molecule has 1 aromatic heterocycles. The number of phenols is 1. The van der Waals surface area contributed by atoms with Gasteiger partial charge in [-0.3, -0.25) is 4.90 Å². The van der Waals surface area contributed by atoms with Crippen LogP contribution in [0.3, 0.4) is 0 Å². The Morgan fingerprint density at radius 2 is 2.05 bits per heavy atom. The Balaban J connectivity index is 1.82. The molecule has 3 nitrogen and oxygen atoms in total. The Bertz CT molecular complexity index is 896. The van der Waals surface area contributed by atoms with Crippen LogP contribution in [0.25, 0.3) is 10.9 Å². The average Bonchev–Trinajstić information content (AvgIpc) is 2.92. The SMILES string of the molecule is CN1Cc2cc(O)ccc2[C@H]2c3cccc4[nH]cc(c34)C[C@@H]21. The number of nitrogens with one attached hydrogen (secondary N) is 1. The molecule has 0 unspecified atom stereocenters. The largest absolute Gasteiger partial charge is 0.508 e. The zero-order valence-corrected chi connectivity index (χ0v) is 12.5. The summed E-state index contributed by atoms with van der Waals surface area (Å²) in [5, 5.41) is 11.2. The lowest BCUT2D eigenvalue weighted by molar-refractivity contribution is 0.193. The highest BCUT2D eigenvalue weighted by Gasteiger charge is 2.38. The quantitative estimate of drug-likeness (QED) is 0.666. The van der Waals surface area contributed by atoms with E-state index in [9.17, 15) is 5.11 Å². The standard InChI is InChI=1S/C19H18N2O/c1-21-10-12-7-13(22)5-6-14(12)19-15-3-2-4-16-18(15)11(9-20-16)8-17(19)21/h2-7,9,17,19-20,22H,8,10H2,1H3/t17-,19-/m0/s1. The van der Waals surface area contributed by atoms with Gasteiger partial charge in [-0.1, -0.05) is 18.2 Å². The molecule has 2 atom stereocenters. The summed E-state index contributed by atoms with van der Waals surface area (Å²) in [6.07, 6.45) is 3.25. The predicted molar refractivity (Wildman–Crippen MR) is 87.2 cm³/mol. The van der Waals surface area contributed by atoms with E-state index in [0.29, 0.717) is 17.7 Å². The summed E-state index contributed by atoms with van der Waals surface area (Å²) in [4.78, 5) is 5.85. The van der Waals surface area contributed by atoms with Crippen molar-refractivity contribution in [2.45, 2.75) is 24.9 Å². The number of H-pyrrole nitrogens is 1. The third-order valence-electron chi connectivity index (χ3n) is 5.42. The first-order valence-corrected chi connectivity index (χ1v) is 7.83. The van der Waals surface area contributed by atoms with E-state index in [1.54, 1.807) is 0 Å². The minimum atomic E-state index is 0.363. The number of aromatic hydroxyl groups is 1. The van der Waals surface area contributed by atoms with Gasteiger partial charge in [0, 0.05) is 35.6 Å². The Morgan fingerprint density at radius 3 is 2.95 bits per heavy atom. The second kappa shape index (κ2) is 4.14. The van der Waals surface area contributed by atoms with E-state index in [0.717, 1.165) is 13.0 Å². The molecule has 22 heavy (non-hydrogen) atoms. The van der Waals surface area contributed by atoms with Crippen molar-refractivity contribution >= 4 is 10.9 Å². The van der Waals surface area contributed by atoms with E-state index in [2.05, 4.69) is 47.4 Å². The highest BCUT2D eigenvalue weighted by molar-refractivity contribution is 5.89. The van der Waals surface area contributed by atoms with Crippen LogP contribution in [0.4, 0.5) is 0 Å². The maximum Gasteiger partial charge on any atom is 0.115 e. The number of nitrogens with zero attached hydrogens (tertiary/aromatic N) is 1. The van der Waals surface area contributed by atoms with Crippen LogP contribution in [0.5, 0.6) is 5.75 Å². The molecule has 110 valence electrons. The first kappa shape index (κ1) is 12.3. The Morgan fingerprint density at radius 1 is 1.14 bits per heavy atom. The van der Waals surface area contributed by atoms with Crippen LogP contribution in [0.2, 0.25) is 0 Å². The summed E-state index contributed by atoms with van der Waals surface area (Å²) in [5.74, 6) is 0.753. The normalized spacial score (nSPS) is 23.3. The summed E-state index contributed by atoms with van der Waals surface area (Å²) in [5.41, 5.74) is 6.71. The highest BCUT2D eigenvalue weighted by Crippen LogP contribution is 2.46. The zero-order chi connectivity index (χ0) is 14.8. The van der Waals surface area contributed by atoms with Gasteiger partial charge in [0.05, 0.1) is 0 Å². The van der Waals surface area contributed by atoms with Crippen molar-refractivity contribution < 1.29 is 5.11 Å². The van der Waals surface area contributed by atoms with Crippen molar-refractivity contribution in [2.75, 3.05) is 7.05 Å². The van der Waals surface area contributed by atoms with E-state index >= 15 is 0 Å². The lowest BCUT2D eigenvalue weighted by Gasteiger charge is -2.43. The van der Waals surface area contributed by atoms with Crippen LogP contribution in [0.15, 0.2) is 42.6 Å². The smallest absolute Gasteiger partial charge is 0.115 e. The molecule has 2 aliphatic rings. The maximum absolute atomic E-state index is 9.82. The molecule has 1 aliphatic carbocycles. The minimum absolute atomic E-state index is 0.363. The van der Waals surface area contributed by atoms with E-state index < -0.39 is 0 Å². The lowest BCUT2D eigenvalue weighted by Crippen LogP contribution is -2.44. The maximum atomic E-state index is 9.82. The molecule has 0 radical (unpaired) electrons. The number of phenolic OH excluding ortho intramolecular Hbond substituents is 1. The summed E-state index contributed by atoms with van der Waals surface area (Å²) < 4.78 is 0. The molecule has 3 aromatic rings. The molecule has 2 heterocycles. The minimum Gasteiger partial charge on any atom is -0.508 e. The van der Waals surface area contributed by atoms with Crippen LogP contribution in [-0.4, -0.2) is 28.1 Å². The van der Waals surface area contributed by atoms with Gasteiger partial charge in [-0.05, 0) is 53.9 Å². The predicted octanol–water partition coefficient (Wildman–Crippen LogP) is 3.38. The van der Waals surface area contributed by atoms with E-state index in [-0.39, 0.29) is 0 Å². The van der Waals surface area contributed by atoms with E-state index in [1.165, 1.54) is 33.2 Å². The van der Waals surface area contributed by atoms with Gasteiger partial charge in [0.1, 0.15) is 5.75 Å². The number of benzene rings is 2. The number of hydrogen-bond donors (Lipinski definition) is 2. The van der Waals surface area contributed by atoms with Crippen molar-refractivity contribution in [3.05, 3.63) is 64.8 Å². The molecule has 3 heteroatoms. The molecule has 0 saturated carbocycles. The fourth-order valence-corrected chi connectivity index (χ4v) is 4.46. The molecule has 0 amide bonds. The molecule has 2 aromatic carbocycles. The monoisotopic (exact) mass is 290 g/mol. The Hall–Kier alpha value is -2.26. The summed E-state index contributed by atoms with van der Waals surface area (Å²) in [6.45, 7) is 0.903. The number of likely N-dealkylation sites (N-methyl/N-ethyl adjacent to an activating group) is 1. The third kappa shape index (κ3) is 1.49. The number of fused-ring (bicyclic) bond motifs is 4. The van der Waals surface area contributed by atoms with Gasteiger partial charge >= 0.3 is 0 Å². The average molecular weight is 290 g/mol. The van der Waals surface area contributed by atoms with Gasteiger partial charge in [-0.2, -0.15) is 0 Å². The lowest BCUT2D eigenvalue weighted by atomic mass is 9.72. The summed E-state index contributed by atoms with van der Waals surface area (Å²) in [7, 11) is 2.20. The van der Waals surface area contributed by atoms with Gasteiger partial charge in [0.15, 0.2) is 0 Å². The molecule has 0 fully saturated rings. The fraction of sp³-hybridized carbons (Fsp3) is 0.263. The van der Waals surface area contributed by atoms with Gasteiger partial charge in [-0.25, -0.2) is 0 Å². The molecular weight excluding hydrogens is 272 g/mol. The first-order chi connectivity index (χ1) is 10.7. The van der Waals surface area contributed by atoms with Gasteiger partial charge in [-0.15, -0.1) is 0 Å². The summed E-state index contributed by atoms with van der Waals surface area (Å²) in [6, 6.07) is 12.9. The molecule has 0 bridgehead atoms. The van der Waals surface area contributed by atoms with Crippen molar-refractivity contribution in [3.8, 4) is 5.75 Å². The third-order valence-corrected chi connectivity index (χ3v) is 5.42. The van der Waals surface area contributed by atoms with Crippen molar-refractivity contribution in [1.29, 1.82) is 0 Å². The highest BCUT2D eigenvalue weighted by atomic mass is 16.3. The Labute approximate surface area is 129 Å². The van der Waals surface area contributed by atoms with Crippen LogP contribution in [0, 0.1) is 0 Å². The molecule has 0 spiro atoms. The molecule has 2 N–H and O–H groups in total. The molecule has 0 saturated heterocycles. The topological polar surface area (TPSA) is 39.3 Å². The van der Waals surface area contributed by atoms with Gasteiger partial charge < -0.3 is 10.1 Å². The van der Waals surface area contributed by atoms with Crippen molar-refractivity contribution in [2.24, 2.45) is 0 Å². The Kier molecular flexibility index (Phi) is 2.32. The number of aromatic nitrogens is 1. The number of hydrogen-bond acceptors (Lipinski definition) is 2. The fourth-order valence-electron chi connectivity index (χ4n) is 4.46. The summed E-state index contributed by atoms with van der Waals surface area (Å²) >= 11 is 0. The van der Waals surface area contributed by atoms with Crippen molar-refractivity contribution in [3.63, 3.8) is 0 Å². The molecule has 5 rings (SSSR count). The van der Waals surface area contributed by atoms with Crippen LogP contribution in [-0.2, 0) is 13.0 Å². The van der Waals surface area contributed by atoms with Gasteiger partial charge in [0.25, 0.3) is 0 Å². The second-order valence-corrected chi connectivity index (χ2v) is 6.63. The second-order valence-electron chi connectivity index (χ2n) is 6.63.